The molecule has 0 aromatic heterocycles. The Bertz CT molecular complexity index is 328. The van der Waals surface area contributed by atoms with Gasteiger partial charge in [-0.25, -0.2) is 9.87 Å². The molecule has 0 saturated carbocycles. The predicted octanol–water partition coefficient (Wildman–Crippen LogP) is 1.02. The molecule has 0 aliphatic heterocycles. The van der Waals surface area contributed by atoms with Crippen LogP contribution in [0.4, 0.5) is 4.39 Å². The highest BCUT2D eigenvalue weighted by Crippen LogP contribution is 2.33. The molecule has 0 atom stereocenters. The van der Waals surface area contributed by atoms with Gasteiger partial charge in [-0.3, -0.25) is 0 Å². The van der Waals surface area contributed by atoms with Gasteiger partial charge in [0.05, 0.1) is 0 Å². The van der Waals surface area contributed by atoms with Gasteiger partial charge in [0.2, 0.25) is 0 Å². The molecule has 1 aromatic rings. The Labute approximate surface area is 74.2 Å². The Kier molecular flexibility index (Phi) is 2.69. The third kappa shape index (κ3) is 1.71. The van der Waals surface area contributed by atoms with Gasteiger partial charge in [-0.15, -0.1) is 0 Å². The molecule has 0 aliphatic rings. The standard InChI is InChI=1S/C8H10FNO3/c1-4-2-5(3-10-13)6(9)8(12)7(4)11/h2,10-13H,3H2,1H3. The van der Waals surface area contributed by atoms with E-state index in [0.717, 1.165) is 0 Å². The maximum Gasteiger partial charge on any atom is 0.194 e. The Morgan fingerprint density at radius 2 is 2.00 bits per heavy atom. The number of phenolic OH excluding ortho intramolecular Hbond substituents is 2. The summed E-state index contributed by atoms with van der Waals surface area (Å²) < 4.78 is 13.1. The summed E-state index contributed by atoms with van der Waals surface area (Å²) in [6.07, 6.45) is 0. The SMILES string of the molecule is Cc1cc(CNO)c(F)c(O)c1O. The monoisotopic (exact) mass is 187 g/mol. The van der Waals surface area contributed by atoms with Crippen molar-refractivity contribution in [3.8, 4) is 11.5 Å². The lowest BCUT2D eigenvalue weighted by atomic mass is 10.1. The van der Waals surface area contributed by atoms with Crippen molar-refractivity contribution in [1.29, 1.82) is 0 Å². The number of aromatic hydroxyl groups is 2. The molecular formula is C8H10FNO3. The molecule has 0 bridgehead atoms. The van der Waals surface area contributed by atoms with Gasteiger partial charge in [0.25, 0.3) is 0 Å². The normalized spacial score (nSPS) is 10.4. The minimum atomic E-state index is -0.926. The molecule has 0 unspecified atom stereocenters. The number of nitrogens with one attached hydrogen (secondary N) is 1. The molecule has 4 N–H and O–H groups in total. The van der Waals surface area contributed by atoms with Crippen LogP contribution in [0, 0.1) is 12.7 Å². The maximum absolute atomic E-state index is 13.1. The topological polar surface area (TPSA) is 72.7 Å². The van der Waals surface area contributed by atoms with Crippen molar-refractivity contribution in [3.63, 3.8) is 0 Å². The van der Waals surface area contributed by atoms with E-state index < -0.39 is 17.3 Å². The Hall–Kier alpha value is -1.33. The van der Waals surface area contributed by atoms with Crippen LogP contribution < -0.4 is 5.48 Å². The molecule has 72 valence electrons. The van der Waals surface area contributed by atoms with Crippen molar-refractivity contribution in [1.82, 2.24) is 5.48 Å². The molecule has 0 aliphatic carbocycles. The third-order valence-electron chi connectivity index (χ3n) is 1.75. The number of hydroxylamine groups is 1. The molecule has 5 heteroatoms. The molecule has 0 saturated heterocycles. The van der Waals surface area contributed by atoms with E-state index in [1.165, 1.54) is 13.0 Å². The number of hydrogen-bond acceptors (Lipinski definition) is 4. The molecule has 1 aromatic carbocycles. The van der Waals surface area contributed by atoms with Crippen molar-refractivity contribution in [2.24, 2.45) is 0 Å². The van der Waals surface area contributed by atoms with Gasteiger partial charge in [0, 0.05) is 12.1 Å². The van der Waals surface area contributed by atoms with Gasteiger partial charge in [-0.1, -0.05) is 0 Å². The quantitative estimate of drug-likeness (QED) is 0.412. The zero-order valence-corrected chi connectivity index (χ0v) is 7.00. The summed E-state index contributed by atoms with van der Waals surface area (Å²) in [5.41, 5.74) is 2.21. The minimum Gasteiger partial charge on any atom is -0.504 e. The Balaban J connectivity index is 3.24. The van der Waals surface area contributed by atoms with Crippen LogP contribution in [0.15, 0.2) is 6.07 Å². The number of benzene rings is 1. The zero-order chi connectivity index (χ0) is 10.0. The first-order chi connectivity index (χ1) is 6.07. The molecular weight excluding hydrogens is 177 g/mol. The highest BCUT2D eigenvalue weighted by Gasteiger charge is 2.14. The summed E-state index contributed by atoms with van der Waals surface area (Å²) in [5, 5.41) is 26.5. The Morgan fingerprint density at radius 3 is 2.54 bits per heavy atom. The van der Waals surface area contributed by atoms with Gasteiger partial charge >= 0.3 is 0 Å². The molecule has 0 radical (unpaired) electrons. The number of halogens is 1. The number of rotatable bonds is 2. The molecule has 4 nitrogen and oxygen atoms in total. The van der Waals surface area contributed by atoms with Crippen LogP contribution >= 0.6 is 0 Å². The fourth-order valence-corrected chi connectivity index (χ4v) is 1.05. The lowest BCUT2D eigenvalue weighted by Crippen LogP contribution is -2.08. The first-order valence-electron chi connectivity index (χ1n) is 3.64. The number of phenols is 2. The zero-order valence-electron chi connectivity index (χ0n) is 7.00. The van der Waals surface area contributed by atoms with E-state index in [9.17, 15) is 4.39 Å². The van der Waals surface area contributed by atoms with Gasteiger partial charge < -0.3 is 15.4 Å². The van der Waals surface area contributed by atoms with Crippen LogP contribution in [0.2, 0.25) is 0 Å². The van der Waals surface area contributed by atoms with Crippen molar-refractivity contribution in [2.45, 2.75) is 13.5 Å². The highest BCUT2D eigenvalue weighted by molar-refractivity contribution is 5.48. The molecule has 0 amide bonds. The van der Waals surface area contributed by atoms with Gasteiger partial charge in [0.1, 0.15) is 0 Å². The average molecular weight is 187 g/mol. The molecule has 1 rings (SSSR count). The van der Waals surface area contributed by atoms with Crippen molar-refractivity contribution >= 4 is 0 Å². The van der Waals surface area contributed by atoms with E-state index in [-0.39, 0.29) is 12.1 Å². The van der Waals surface area contributed by atoms with Crippen LogP contribution in [-0.2, 0) is 6.54 Å². The highest BCUT2D eigenvalue weighted by atomic mass is 19.1. The van der Waals surface area contributed by atoms with Crippen LogP contribution in [0.5, 0.6) is 11.5 Å². The second kappa shape index (κ2) is 3.59. The van der Waals surface area contributed by atoms with Gasteiger partial charge in [0.15, 0.2) is 17.3 Å². The van der Waals surface area contributed by atoms with Crippen molar-refractivity contribution in [2.75, 3.05) is 0 Å². The lowest BCUT2D eigenvalue weighted by molar-refractivity contribution is 0.159. The molecule has 0 fully saturated rings. The molecule has 0 heterocycles. The third-order valence-corrected chi connectivity index (χ3v) is 1.75. The summed E-state index contributed by atoms with van der Waals surface area (Å²) in [4.78, 5) is 0. The number of hydrogen-bond donors (Lipinski definition) is 4. The number of aryl methyl sites for hydroxylation is 1. The van der Waals surface area contributed by atoms with Crippen LogP contribution in [0.25, 0.3) is 0 Å². The van der Waals surface area contributed by atoms with E-state index >= 15 is 0 Å². The smallest absolute Gasteiger partial charge is 0.194 e. The second-order valence-corrected chi connectivity index (χ2v) is 2.70. The lowest BCUT2D eigenvalue weighted by Gasteiger charge is -2.07. The first-order valence-corrected chi connectivity index (χ1v) is 3.64. The fraction of sp³-hybridized carbons (Fsp3) is 0.250. The van der Waals surface area contributed by atoms with Gasteiger partial charge in [-0.2, -0.15) is 0 Å². The summed E-state index contributed by atoms with van der Waals surface area (Å²) in [6, 6.07) is 1.34. The van der Waals surface area contributed by atoms with E-state index in [1.807, 2.05) is 0 Å². The van der Waals surface area contributed by atoms with E-state index in [1.54, 1.807) is 5.48 Å². The summed E-state index contributed by atoms with van der Waals surface area (Å²) in [6.45, 7) is 1.40. The Morgan fingerprint density at radius 1 is 1.38 bits per heavy atom. The molecule has 0 spiro atoms. The van der Waals surface area contributed by atoms with E-state index in [0.29, 0.717) is 5.56 Å². The minimum absolute atomic E-state index is 0.0929. The fourth-order valence-electron chi connectivity index (χ4n) is 1.05. The average Bonchev–Trinajstić information content (AvgIpc) is 2.11. The van der Waals surface area contributed by atoms with Crippen LogP contribution in [-0.4, -0.2) is 15.4 Å². The maximum atomic E-state index is 13.1. The predicted molar refractivity (Wildman–Crippen MR) is 43.1 cm³/mol. The second-order valence-electron chi connectivity index (χ2n) is 2.70. The van der Waals surface area contributed by atoms with E-state index in [2.05, 4.69) is 0 Å². The summed E-state index contributed by atoms with van der Waals surface area (Å²) in [7, 11) is 0. The van der Waals surface area contributed by atoms with Crippen molar-refractivity contribution in [3.05, 3.63) is 23.0 Å². The largest absolute Gasteiger partial charge is 0.504 e. The van der Waals surface area contributed by atoms with Gasteiger partial charge in [-0.05, 0) is 18.6 Å². The summed E-state index contributed by atoms with van der Waals surface area (Å²) in [5.74, 6) is -2.19. The van der Waals surface area contributed by atoms with Crippen LogP contribution in [0.1, 0.15) is 11.1 Å². The summed E-state index contributed by atoms with van der Waals surface area (Å²) >= 11 is 0. The van der Waals surface area contributed by atoms with E-state index in [4.69, 9.17) is 15.4 Å². The van der Waals surface area contributed by atoms with Crippen molar-refractivity contribution < 1.29 is 19.8 Å². The first kappa shape index (κ1) is 9.76. The van der Waals surface area contributed by atoms with Crippen LogP contribution in [0.3, 0.4) is 0 Å². The molecule has 13 heavy (non-hydrogen) atoms.